The summed E-state index contributed by atoms with van der Waals surface area (Å²) in [5.41, 5.74) is -0.183. The normalized spacial score (nSPS) is 13.4. The summed E-state index contributed by atoms with van der Waals surface area (Å²) in [4.78, 5) is 11.7. The number of hydrogen-bond donors (Lipinski definition) is 1. The van der Waals surface area contributed by atoms with Crippen LogP contribution in [0.4, 0.5) is 0 Å². The molecule has 0 radical (unpaired) electrons. The molecule has 0 aliphatic carbocycles. The average Bonchev–Trinajstić information content (AvgIpc) is 2.68. The first-order valence-corrected chi connectivity index (χ1v) is 6.63. The largest absolute Gasteiger partial charge is 0.468 e. The monoisotopic (exact) mass is 317 g/mol. The van der Waals surface area contributed by atoms with E-state index in [9.17, 15) is 4.79 Å². The highest BCUT2D eigenvalue weighted by Crippen LogP contribution is 2.20. The predicted molar refractivity (Wildman–Crippen MR) is 73.2 cm³/mol. The minimum atomic E-state index is -0.318. The molecule has 0 spiro atoms. The van der Waals surface area contributed by atoms with Crippen LogP contribution in [0.3, 0.4) is 0 Å². The van der Waals surface area contributed by atoms with Crippen LogP contribution in [0.5, 0.6) is 0 Å². The van der Waals surface area contributed by atoms with Crippen molar-refractivity contribution in [2.75, 3.05) is 13.7 Å². The van der Waals surface area contributed by atoms with Crippen molar-refractivity contribution in [2.24, 2.45) is 5.41 Å². The number of rotatable bonds is 5. The molecule has 0 saturated heterocycles. The van der Waals surface area contributed by atoms with Crippen molar-refractivity contribution < 1.29 is 9.53 Å². The number of nitrogens with zero attached hydrogens (tertiary/aromatic N) is 2. The van der Waals surface area contributed by atoms with Crippen LogP contribution in [-0.4, -0.2) is 35.4 Å². The van der Waals surface area contributed by atoms with Crippen molar-refractivity contribution in [1.29, 1.82) is 0 Å². The second kappa shape index (κ2) is 6.33. The van der Waals surface area contributed by atoms with Gasteiger partial charge in [-0.05, 0) is 21.3 Å². The zero-order valence-corrected chi connectivity index (χ0v) is 12.8. The Morgan fingerprint density at radius 1 is 1.61 bits per heavy atom. The molecule has 5 nitrogen and oxygen atoms in total. The smallest absolute Gasteiger partial charge is 0.323 e. The fraction of sp³-hybridized carbons (Fsp3) is 0.667. The maximum absolute atomic E-state index is 11.7. The fourth-order valence-corrected chi connectivity index (χ4v) is 1.97. The Hall–Kier alpha value is -0.880. The maximum Gasteiger partial charge on any atom is 0.323 e. The summed E-state index contributed by atoms with van der Waals surface area (Å²) in [6.45, 7) is 7.38. The lowest BCUT2D eigenvalue weighted by molar-refractivity contribution is -0.146. The summed E-state index contributed by atoms with van der Waals surface area (Å²) in [6.07, 6.45) is 3.63. The molecule has 1 heterocycles. The Bertz CT molecular complexity index is 398. The van der Waals surface area contributed by atoms with Crippen LogP contribution in [0.25, 0.3) is 0 Å². The predicted octanol–water partition coefficient (Wildman–Crippen LogP) is 1.82. The highest BCUT2D eigenvalue weighted by molar-refractivity contribution is 9.10. The van der Waals surface area contributed by atoms with Gasteiger partial charge in [-0.1, -0.05) is 20.8 Å². The molecule has 1 aromatic rings. The number of halogens is 1. The number of esters is 1. The lowest BCUT2D eigenvalue weighted by Crippen LogP contribution is -2.48. The molecule has 0 fully saturated rings. The number of aromatic nitrogens is 2. The van der Waals surface area contributed by atoms with Gasteiger partial charge in [0.2, 0.25) is 0 Å². The van der Waals surface area contributed by atoms with Gasteiger partial charge in [-0.2, -0.15) is 5.10 Å². The van der Waals surface area contributed by atoms with Crippen molar-refractivity contribution in [3.05, 3.63) is 16.9 Å². The molecule has 1 N–H and O–H groups in total. The number of nitrogens with one attached hydrogen (secondary N) is 1. The summed E-state index contributed by atoms with van der Waals surface area (Å²) in [5.74, 6) is -0.232. The van der Waals surface area contributed by atoms with E-state index in [-0.39, 0.29) is 17.4 Å². The number of hydrogen-bond acceptors (Lipinski definition) is 4. The number of ether oxygens (including phenoxy) is 1. The molecule has 18 heavy (non-hydrogen) atoms. The fourth-order valence-electron chi connectivity index (χ4n) is 1.64. The van der Waals surface area contributed by atoms with E-state index >= 15 is 0 Å². The molecule has 0 amide bonds. The third kappa shape index (κ3) is 4.42. The van der Waals surface area contributed by atoms with Gasteiger partial charge in [0, 0.05) is 12.7 Å². The molecule has 0 saturated carbocycles. The summed E-state index contributed by atoms with van der Waals surface area (Å²) in [7, 11) is 1.41. The topological polar surface area (TPSA) is 56.1 Å². The molecule has 6 heteroatoms. The molecular formula is C12H20BrN3O2. The SMILES string of the molecule is COC(=O)[C@H](NCCn1cc(Br)cn1)C(C)(C)C. The summed E-state index contributed by atoms with van der Waals surface area (Å²) >= 11 is 3.34. The van der Waals surface area contributed by atoms with Crippen LogP contribution < -0.4 is 5.32 Å². The van der Waals surface area contributed by atoms with Gasteiger partial charge in [-0.15, -0.1) is 0 Å². The molecule has 0 bridgehead atoms. The second-order valence-electron chi connectivity index (χ2n) is 5.20. The third-order valence-corrected chi connectivity index (χ3v) is 3.00. The first-order valence-electron chi connectivity index (χ1n) is 5.84. The molecule has 0 aliphatic rings. The van der Waals surface area contributed by atoms with Gasteiger partial charge in [0.15, 0.2) is 0 Å². The van der Waals surface area contributed by atoms with E-state index in [4.69, 9.17) is 4.74 Å². The van der Waals surface area contributed by atoms with Gasteiger partial charge in [-0.25, -0.2) is 0 Å². The van der Waals surface area contributed by atoms with E-state index in [1.807, 2.05) is 31.6 Å². The van der Waals surface area contributed by atoms with Crippen molar-refractivity contribution in [2.45, 2.75) is 33.4 Å². The van der Waals surface area contributed by atoms with Crippen LogP contribution in [-0.2, 0) is 16.1 Å². The van der Waals surface area contributed by atoms with Gasteiger partial charge in [0.1, 0.15) is 6.04 Å². The Balaban J connectivity index is 2.50. The lowest BCUT2D eigenvalue weighted by atomic mass is 9.87. The van der Waals surface area contributed by atoms with Gasteiger partial charge in [-0.3, -0.25) is 9.48 Å². The molecular weight excluding hydrogens is 298 g/mol. The van der Waals surface area contributed by atoms with Gasteiger partial charge < -0.3 is 10.1 Å². The average molecular weight is 318 g/mol. The van der Waals surface area contributed by atoms with Crippen LogP contribution in [0.2, 0.25) is 0 Å². The third-order valence-electron chi connectivity index (χ3n) is 2.59. The molecule has 1 atom stereocenters. The summed E-state index contributed by atoms with van der Waals surface area (Å²) in [5, 5.41) is 7.37. The van der Waals surface area contributed by atoms with E-state index in [0.717, 1.165) is 4.47 Å². The standard InChI is InChI=1S/C12H20BrN3O2/c1-12(2,3)10(11(17)18-4)14-5-6-16-8-9(13)7-15-16/h7-8,10,14H,5-6H2,1-4H3/t10-/m0/s1. The van der Waals surface area contributed by atoms with Crippen LogP contribution in [0, 0.1) is 5.41 Å². The molecule has 1 aromatic heterocycles. The molecule has 1 rings (SSSR count). The van der Waals surface area contributed by atoms with Gasteiger partial charge >= 0.3 is 5.97 Å². The summed E-state index contributed by atoms with van der Waals surface area (Å²) < 4.78 is 7.58. The zero-order valence-electron chi connectivity index (χ0n) is 11.2. The van der Waals surface area contributed by atoms with Crippen LogP contribution >= 0.6 is 15.9 Å². The van der Waals surface area contributed by atoms with Crippen molar-refractivity contribution in [3.8, 4) is 0 Å². The Kier molecular flexibility index (Phi) is 5.34. The van der Waals surface area contributed by atoms with Crippen molar-refractivity contribution in [3.63, 3.8) is 0 Å². The minimum absolute atomic E-state index is 0.183. The van der Waals surface area contributed by atoms with E-state index < -0.39 is 0 Å². The van der Waals surface area contributed by atoms with Crippen molar-refractivity contribution >= 4 is 21.9 Å². The molecule has 0 unspecified atom stereocenters. The number of methoxy groups -OCH3 is 1. The molecule has 0 aliphatic heterocycles. The lowest BCUT2D eigenvalue weighted by Gasteiger charge is -2.29. The van der Waals surface area contributed by atoms with E-state index in [0.29, 0.717) is 13.1 Å². The number of carbonyl (C=O) groups excluding carboxylic acids is 1. The number of carbonyl (C=O) groups is 1. The van der Waals surface area contributed by atoms with Crippen LogP contribution in [0.1, 0.15) is 20.8 Å². The van der Waals surface area contributed by atoms with E-state index in [2.05, 4.69) is 26.3 Å². The highest BCUT2D eigenvalue weighted by Gasteiger charge is 2.31. The molecule has 102 valence electrons. The van der Waals surface area contributed by atoms with Gasteiger partial charge in [0.05, 0.1) is 24.3 Å². The first kappa shape index (κ1) is 15.2. The zero-order chi connectivity index (χ0) is 13.8. The van der Waals surface area contributed by atoms with E-state index in [1.54, 1.807) is 6.20 Å². The molecule has 0 aromatic carbocycles. The summed E-state index contributed by atoms with van der Waals surface area (Å²) in [6, 6.07) is -0.318. The first-order chi connectivity index (χ1) is 8.34. The van der Waals surface area contributed by atoms with Crippen LogP contribution in [0.15, 0.2) is 16.9 Å². The maximum atomic E-state index is 11.7. The Morgan fingerprint density at radius 3 is 2.72 bits per heavy atom. The van der Waals surface area contributed by atoms with Crippen molar-refractivity contribution in [1.82, 2.24) is 15.1 Å². The highest BCUT2D eigenvalue weighted by atomic mass is 79.9. The second-order valence-corrected chi connectivity index (χ2v) is 6.11. The quantitative estimate of drug-likeness (QED) is 0.842. The Morgan fingerprint density at radius 2 is 2.28 bits per heavy atom. The Labute approximate surface area is 116 Å². The van der Waals surface area contributed by atoms with E-state index in [1.165, 1.54) is 7.11 Å². The minimum Gasteiger partial charge on any atom is -0.468 e. The van der Waals surface area contributed by atoms with Gasteiger partial charge in [0.25, 0.3) is 0 Å².